The monoisotopic (exact) mass is 348 g/mol. The predicted molar refractivity (Wildman–Crippen MR) is 99.8 cm³/mol. The summed E-state index contributed by atoms with van der Waals surface area (Å²) in [5.74, 6) is 0.854. The predicted octanol–water partition coefficient (Wildman–Crippen LogP) is 2.67. The number of carbonyl (C=O) groups excluding carboxylic acids is 1. The molecule has 2 aromatic heterocycles. The molecule has 0 saturated heterocycles. The van der Waals surface area contributed by atoms with Crippen LogP contribution in [0.5, 0.6) is 5.75 Å². The van der Waals surface area contributed by atoms with E-state index in [1.54, 1.807) is 18.0 Å². The zero-order valence-electron chi connectivity index (χ0n) is 14.8. The highest BCUT2D eigenvalue weighted by atomic mass is 16.5. The van der Waals surface area contributed by atoms with Gasteiger partial charge < -0.3 is 9.64 Å². The van der Waals surface area contributed by atoms with E-state index in [1.807, 2.05) is 48.2 Å². The Morgan fingerprint density at radius 3 is 3.00 bits per heavy atom. The lowest BCUT2D eigenvalue weighted by Crippen LogP contribution is -2.32. The van der Waals surface area contributed by atoms with E-state index in [9.17, 15) is 4.79 Å². The normalized spacial score (nSPS) is 13.9. The number of fused-ring (bicyclic) bond motifs is 1. The van der Waals surface area contributed by atoms with Gasteiger partial charge in [-0.05, 0) is 42.3 Å². The highest BCUT2D eigenvalue weighted by Crippen LogP contribution is 2.25. The molecule has 0 aliphatic carbocycles. The number of pyridine rings is 1. The van der Waals surface area contributed by atoms with Gasteiger partial charge in [0.15, 0.2) is 5.65 Å². The van der Waals surface area contributed by atoms with Crippen molar-refractivity contribution in [2.45, 2.75) is 13.5 Å². The van der Waals surface area contributed by atoms with Gasteiger partial charge in [0.25, 0.3) is 0 Å². The van der Waals surface area contributed by atoms with E-state index < -0.39 is 0 Å². The molecule has 1 amide bonds. The Morgan fingerprint density at radius 1 is 1.27 bits per heavy atom. The van der Waals surface area contributed by atoms with Crippen molar-refractivity contribution in [1.29, 1.82) is 0 Å². The Labute approximate surface area is 151 Å². The van der Waals surface area contributed by atoms with Gasteiger partial charge >= 0.3 is 0 Å². The van der Waals surface area contributed by atoms with Crippen molar-refractivity contribution >= 4 is 22.5 Å². The van der Waals surface area contributed by atoms with E-state index in [0.29, 0.717) is 13.1 Å². The largest absolute Gasteiger partial charge is 0.497 e. The minimum absolute atomic E-state index is 0.0363. The molecule has 0 atom stereocenters. The molecule has 26 heavy (non-hydrogen) atoms. The number of carbonyl (C=O) groups is 1. The van der Waals surface area contributed by atoms with Crippen molar-refractivity contribution in [2.24, 2.45) is 0 Å². The maximum atomic E-state index is 12.7. The lowest BCUT2D eigenvalue weighted by Gasteiger charge is -2.17. The summed E-state index contributed by atoms with van der Waals surface area (Å²) in [5, 5.41) is 5.46. The first-order valence-corrected chi connectivity index (χ1v) is 8.55. The third-order valence-corrected chi connectivity index (χ3v) is 4.69. The first kappa shape index (κ1) is 16.3. The molecule has 0 radical (unpaired) electrons. The molecule has 6 heteroatoms. The molecule has 0 saturated carbocycles. The Bertz CT molecular complexity index is 1010. The minimum atomic E-state index is 0.0363. The molecule has 1 aliphatic rings. The maximum absolute atomic E-state index is 12.7. The van der Waals surface area contributed by atoms with E-state index in [1.165, 1.54) is 0 Å². The van der Waals surface area contributed by atoms with Crippen LogP contribution in [0, 0.1) is 6.92 Å². The lowest BCUT2D eigenvalue weighted by molar-refractivity contribution is -0.130. The van der Waals surface area contributed by atoms with Crippen LogP contribution in [0.2, 0.25) is 0 Å². The summed E-state index contributed by atoms with van der Waals surface area (Å²) in [5.41, 5.74) is 3.86. The summed E-state index contributed by atoms with van der Waals surface area (Å²) >= 11 is 0. The Hall–Kier alpha value is -3.15. The van der Waals surface area contributed by atoms with Crippen LogP contribution >= 0.6 is 0 Å². The van der Waals surface area contributed by atoms with Crippen molar-refractivity contribution < 1.29 is 9.53 Å². The summed E-state index contributed by atoms with van der Waals surface area (Å²) in [7, 11) is 1.66. The van der Waals surface area contributed by atoms with Gasteiger partial charge in [-0.15, -0.1) is 0 Å². The van der Waals surface area contributed by atoms with E-state index in [2.05, 4.69) is 16.2 Å². The Balaban J connectivity index is 1.48. The third kappa shape index (κ3) is 2.94. The van der Waals surface area contributed by atoms with Crippen LogP contribution in [-0.2, 0) is 11.3 Å². The molecule has 0 unspecified atom stereocenters. The molecule has 6 nitrogen and oxygen atoms in total. The van der Waals surface area contributed by atoms with Crippen molar-refractivity contribution in [2.75, 3.05) is 20.2 Å². The van der Waals surface area contributed by atoms with Crippen LogP contribution in [0.25, 0.3) is 16.6 Å². The number of hydrogen-bond acceptors (Lipinski definition) is 4. The van der Waals surface area contributed by atoms with Crippen LogP contribution in [0.15, 0.2) is 48.7 Å². The van der Waals surface area contributed by atoms with Crippen LogP contribution in [0.4, 0.5) is 0 Å². The van der Waals surface area contributed by atoms with E-state index >= 15 is 0 Å². The second kappa shape index (κ2) is 6.63. The molecule has 4 rings (SSSR count). The summed E-state index contributed by atoms with van der Waals surface area (Å²) in [4.78, 5) is 18.9. The van der Waals surface area contributed by atoms with Crippen molar-refractivity contribution in [3.63, 3.8) is 0 Å². The van der Waals surface area contributed by atoms with E-state index in [-0.39, 0.29) is 12.5 Å². The smallest absolute Gasteiger partial charge is 0.244 e. The first-order chi connectivity index (χ1) is 12.7. The molecule has 3 heterocycles. The van der Waals surface area contributed by atoms with Gasteiger partial charge in [-0.1, -0.05) is 18.2 Å². The van der Waals surface area contributed by atoms with Gasteiger partial charge in [0.05, 0.1) is 12.8 Å². The zero-order chi connectivity index (χ0) is 18.1. The highest BCUT2D eigenvalue weighted by molar-refractivity contribution is 5.84. The standard InChI is InChI=1S/C20H20N4O2/c1-14-18-7-4-9-21-20(18)24(22-14)13-19(25)23-10-8-16(12-23)15-5-3-6-17(11-15)26-2/h3-9,11H,10,12-13H2,1-2H3. The van der Waals surface area contributed by atoms with Crippen molar-refractivity contribution in [3.05, 3.63) is 59.9 Å². The Kier molecular flexibility index (Phi) is 4.16. The van der Waals surface area contributed by atoms with Crippen LogP contribution in [0.1, 0.15) is 11.3 Å². The summed E-state index contributed by atoms with van der Waals surface area (Å²) in [6.45, 7) is 3.33. The SMILES string of the molecule is COc1cccc(C2=CCN(C(=O)Cn3nc(C)c4cccnc43)C2)c1. The number of benzene rings is 1. The number of nitrogens with zero attached hydrogens (tertiary/aromatic N) is 4. The van der Waals surface area contributed by atoms with Crippen LogP contribution in [-0.4, -0.2) is 45.8 Å². The van der Waals surface area contributed by atoms with Crippen LogP contribution < -0.4 is 4.74 Å². The van der Waals surface area contributed by atoms with Gasteiger partial charge in [-0.25, -0.2) is 9.67 Å². The molecule has 0 fully saturated rings. The topological polar surface area (TPSA) is 60.2 Å². The van der Waals surface area contributed by atoms with Gasteiger partial charge in [0.1, 0.15) is 12.3 Å². The average molecular weight is 348 g/mol. The molecule has 3 aromatic rings. The highest BCUT2D eigenvalue weighted by Gasteiger charge is 2.22. The zero-order valence-corrected chi connectivity index (χ0v) is 14.8. The number of aromatic nitrogens is 3. The average Bonchev–Trinajstić information content (AvgIpc) is 3.28. The molecule has 0 spiro atoms. The molecule has 1 aliphatic heterocycles. The number of hydrogen-bond donors (Lipinski definition) is 0. The molecular weight excluding hydrogens is 328 g/mol. The van der Waals surface area contributed by atoms with Gasteiger partial charge in [-0.2, -0.15) is 5.10 Å². The minimum Gasteiger partial charge on any atom is -0.497 e. The van der Waals surface area contributed by atoms with Crippen molar-refractivity contribution in [1.82, 2.24) is 19.7 Å². The van der Waals surface area contributed by atoms with E-state index in [0.717, 1.165) is 33.6 Å². The van der Waals surface area contributed by atoms with Crippen LogP contribution in [0.3, 0.4) is 0 Å². The maximum Gasteiger partial charge on any atom is 0.244 e. The number of aryl methyl sites for hydroxylation is 1. The second-order valence-electron chi connectivity index (χ2n) is 6.35. The second-order valence-corrected chi connectivity index (χ2v) is 6.35. The number of methoxy groups -OCH3 is 1. The lowest BCUT2D eigenvalue weighted by atomic mass is 10.1. The van der Waals surface area contributed by atoms with E-state index in [4.69, 9.17) is 4.74 Å². The molecule has 132 valence electrons. The fourth-order valence-electron chi connectivity index (χ4n) is 3.28. The summed E-state index contributed by atoms with van der Waals surface area (Å²) in [6, 6.07) is 11.8. The summed E-state index contributed by atoms with van der Waals surface area (Å²) in [6.07, 6.45) is 3.82. The Morgan fingerprint density at radius 2 is 2.15 bits per heavy atom. The van der Waals surface area contributed by atoms with Gasteiger partial charge in [0, 0.05) is 24.7 Å². The van der Waals surface area contributed by atoms with Gasteiger partial charge in [-0.3, -0.25) is 4.79 Å². The molecule has 0 N–H and O–H groups in total. The number of ether oxygens (including phenoxy) is 1. The summed E-state index contributed by atoms with van der Waals surface area (Å²) < 4.78 is 6.98. The third-order valence-electron chi connectivity index (χ3n) is 4.69. The molecule has 1 aromatic carbocycles. The first-order valence-electron chi connectivity index (χ1n) is 8.55. The molecule has 0 bridgehead atoms. The van der Waals surface area contributed by atoms with Crippen molar-refractivity contribution in [3.8, 4) is 5.75 Å². The number of amides is 1. The molecular formula is C20H20N4O2. The fraction of sp³-hybridized carbons (Fsp3) is 0.250. The number of rotatable bonds is 4. The fourth-order valence-corrected chi connectivity index (χ4v) is 3.28. The quantitative estimate of drug-likeness (QED) is 0.727. The van der Waals surface area contributed by atoms with Gasteiger partial charge in [0.2, 0.25) is 5.91 Å².